The molecule has 104 valence electrons. The van der Waals surface area contributed by atoms with Gasteiger partial charge < -0.3 is 15.4 Å². The van der Waals surface area contributed by atoms with Crippen molar-refractivity contribution in [2.24, 2.45) is 0 Å². The number of amides is 1. The van der Waals surface area contributed by atoms with Crippen LogP contribution in [0.2, 0.25) is 10.0 Å². The van der Waals surface area contributed by atoms with E-state index in [9.17, 15) is 9.59 Å². The van der Waals surface area contributed by atoms with Crippen LogP contribution in [0.15, 0.2) is 12.1 Å². The van der Waals surface area contributed by atoms with Crippen molar-refractivity contribution in [3.05, 3.63) is 27.7 Å². The van der Waals surface area contributed by atoms with Crippen LogP contribution in [0.25, 0.3) is 0 Å². The molecular weight excluding hydrogens is 291 g/mol. The number of anilines is 1. The Labute approximate surface area is 121 Å². The first-order valence-electron chi connectivity index (χ1n) is 5.52. The summed E-state index contributed by atoms with van der Waals surface area (Å²) in [7, 11) is 1.62. The minimum atomic E-state index is -0.678. The zero-order valence-corrected chi connectivity index (χ0v) is 12.1. The smallest absolute Gasteiger partial charge is 0.338 e. The summed E-state index contributed by atoms with van der Waals surface area (Å²) in [6, 6.07) is 2.70. The molecule has 0 fully saturated rings. The zero-order chi connectivity index (χ0) is 14.6. The highest BCUT2D eigenvalue weighted by molar-refractivity contribution is 6.43. The number of nitrogen functional groups attached to an aromatic ring is 1. The Bertz CT molecular complexity index is 483. The highest BCUT2D eigenvalue weighted by Crippen LogP contribution is 2.29. The molecule has 5 nitrogen and oxygen atoms in total. The van der Waals surface area contributed by atoms with Crippen molar-refractivity contribution in [1.82, 2.24) is 4.90 Å². The van der Waals surface area contributed by atoms with Gasteiger partial charge in [0.1, 0.15) is 0 Å². The largest absolute Gasteiger partial charge is 0.452 e. The van der Waals surface area contributed by atoms with Gasteiger partial charge in [-0.25, -0.2) is 4.79 Å². The van der Waals surface area contributed by atoms with E-state index >= 15 is 0 Å². The Morgan fingerprint density at radius 2 is 2.00 bits per heavy atom. The molecule has 0 radical (unpaired) electrons. The minimum Gasteiger partial charge on any atom is -0.452 e. The van der Waals surface area contributed by atoms with Crippen LogP contribution >= 0.6 is 23.2 Å². The molecule has 0 heterocycles. The molecule has 1 aromatic carbocycles. The summed E-state index contributed by atoms with van der Waals surface area (Å²) in [5.74, 6) is -0.966. The number of carbonyl (C=O) groups excluding carboxylic acids is 2. The molecule has 7 heteroatoms. The molecule has 0 unspecified atom stereocenters. The van der Waals surface area contributed by atoms with E-state index in [2.05, 4.69) is 0 Å². The molecule has 1 aromatic rings. The van der Waals surface area contributed by atoms with Gasteiger partial charge in [-0.1, -0.05) is 23.2 Å². The monoisotopic (exact) mass is 304 g/mol. The van der Waals surface area contributed by atoms with E-state index < -0.39 is 5.97 Å². The van der Waals surface area contributed by atoms with Crippen molar-refractivity contribution in [3.63, 3.8) is 0 Å². The van der Waals surface area contributed by atoms with Crippen LogP contribution in [0.3, 0.4) is 0 Å². The zero-order valence-electron chi connectivity index (χ0n) is 10.6. The number of hydrogen-bond donors (Lipinski definition) is 1. The normalized spacial score (nSPS) is 10.1. The topological polar surface area (TPSA) is 72.6 Å². The van der Waals surface area contributed by atoms with Crippen molar-refractivity contribution in [2.45, 2.75) is 6.92 Å². The number of carbonyl (C=O) groups is 2. The third kappa shape index (κ3) is 4.01. The molecule has 0 aliphatic heterocycles. The lowest BCUT2D eigenvalue weighted by Gasteiger charge is -2.14. The van der Waals surface area contributed by atoms with Crippen molar-refractivity contribution in [3.8, 4) is 0 Å². The predicted molar refractivity (Wildman–Crippen MR) is 74.5 cm³/mol. The number of hydrogen-bond acceptors (Lipinski definition) is 4. The fraction of sp³-hybridized carbons (Fsp3) is 0.333. The lowest BCUT2D eigenvalue weighted by Crippen LogP contribution is -2.30. The Morgan fingerprint density at radius 1 is 1.37 bits per heavy atom. The first-order chi connectivity index (χ1) is 8.86. The fourth-order valence-corrected chi connectivity index (χ4v) is 1.56. The molecule has 0 aliphatic carbocycles. The molecule has 1 rings (SSSR count). The maximum atomic E-state index is 11.7. The highest BCUT2D eigenvalue weighted by Gasteiger charge is 2.15. The van der Waals surface area contributed by atoms with Crippen molar-refractivity contribution in [1.29, 1.82) is 0 Å². The maximum absolute atomic E-state index is 11.7. The molecule has 0 aliphatic rings. The molecular formula is C12H14Cl2N2O3. The van der Waals surface area contributed by atoms with Gasteiger partial charge in [0.2, 0.25) is 0 Å². The lowest BCUT2D eigenvalue weighted by atomic mass is 10.2. The number of halogens is 2. The number of rotatable bonds is 4. The van der Waals surface area contributed by atoms with E-state index in [4.69, 9.17) is 33.7 Å². The summed E-state index contributed by atoms with van der Waals surface area (Å²) >= 11 is 11.6. The molecule has 0 aromatic heterocycles. The number of nitrogens with zero attached hydrogens (tertiary/aromatic N) is 1. The standard InChI is InChI=1S/C12H14Cl2N2O3/c1-3-16(2)10(17)6-19-12(18)7-4-8(13)11(14)9(15)5-7/h4-5H,3,6,15H2,1-2H3. The second-order valence-electron chi connectivity index (χ2n) is 3.85. The predicted octanol–water partition coefficient (Wildman–Crippen LogP) is 2.21. The number of nitrogens with two attached hydrogens (primary N) is 1. The Morgan fingerprint density at radius 3 is 2.53 bits per heavy atom. The Kier molecular flexibility index (Phi) is 5.44. The Hall–Kier alpha value is -1.46. The van der Waals surface area contributed by atoms with Crippen LogP contribution in [-0.4, -0.2) is 37.0 Å². The van der Waals surface area contributed by atoms with Crippen molar-refractivity contribution >= 4 is 40.8 Å². The number of likely N-dealkylation sites (N-methyl/N-ethyl adjacent to an activating group) is 1. The van der Waals surface area contributed by atoms with Gasteiger partial charge in [-0.3, -0.25) is 4.79 Å². The average Bonchev–Trinajstić information content (AvgIpc) is 2.39. The fourth-order valence-electron chi connectivity index (χ4n) is 1.23. The van der Waals surface area contributed by atoms with Crippen LogP contribution < -0.4 is 5.73 Å². The highest BCUT2D eigenvalue weighted by atomic mass is 35.5. The molecule has 0 saturated carbocycles. The second-order valence-corrected chi connectivity index (χ2v) is 4.63. The molecule has 2 N–H and O–H groups in total. The van der Waals surface area contributed by atoms with E-state index in [0.29, 0.717) is 6.54 Å². The summed E-state index contributed by atoms with van der Waals surface area (Å²) in [5, 5.41) is 0.339. The van der Waals surface area contributed by atoms with Crippen LogP contribution in [-0.2, 0) is 9.53 Å². The minimum absolute atomic E-state index is 0.152. The quantitative estimate of drug-likeness (QED) is 0.684. The molecule has 0 atom stereocenters. The summed E-state index contributed by atoms with van der Waals surface area (Å²) in [6.45, 7) is 2.03. The van der Waals surface area contributed by atoms with Crippen molar-refractivity contribution < 1.29 is 14.3 Å². The van der Waals surface area contributed by atoms with E-state index in [1.807, 2.05) is 6.92 Å². The first-order valence-corrected chi connectivity index (χ1v) is 6.28. The summed E-state index contributed by atoms with van der Waals surface area (Å²) < 4.78 is 4.88. The van der Waals surface area contributed by atoms with Gasteiger partial charge in [-0.2, -0.15) is 0 Å². The van der Waals surface area contributed by atoms with E-state index in [0.717, 1.165) is 0 Å². The van der Waals surface area contributed by atoms with Gasteiger partial charge >= 0.3 is 5.97 Å². The Balaban J connectivity index is 2.72. The van der Waals surface area contributed by atoms with E-state index in [1.54, 1.807) is 7.05 Å². The number of esters is 1. The van der Waals surface area contributed by atoms with E-state index in [1.165, 1.54) is 17.0 Å². The van der Waals surface area contributed by atoms with Crippen LogP contribution in [0.1, 0.15) is 17.3 Å². The van der Waals surface area contributed by atoms with Gasteiger partial charge in [0.15, 0.2) is 6.61 Å². The number of ether oxygens (including phenoxy) is 1. The molecule has 19 heavy (non-hydrogen) atoms. The lowest BCUT2D eigenvalue weighted by molar-refractivity contribution is -0.133. The van der Waals surface area contributed by atoms with E-state index in [-0.39, 0.29) is 33.8 Å². The van der Waals surface area contributed by atoms with Gasteiger partial charge in [-0.05, 0) is 19.1 Å². The summed E-state index contributed by atoms with van der Waals surface area (Å²) in [6.07, 6.45) is 0. The maximum Gasteiger partial charge on any atom is 0.338 e. The molecule has 0 bridgehead atoms. The number of benzene rings is 1. The van der Waals surface area contributed by atoms with Crippen LogP contribution in [0.4, 0.5) is 5.69 Å². The van der Waals surface area contributed by atoms with Gasteiger partial charge in [0.25, 0.3) is 5.91 Å². The van der Waals surface area contributed by atoms with Crippen molar-refractivity contribution in [2.75, 3.05) is 25.9 Å². The summed E-state index contributed by atoms with van der Waals surface area (Å²) in [4.78, 5) is 24.6. The first kappa shape index (κ1) is 15.6. The molecule has 0 spiro atoms. The van der Waals surface area contributed by atoms with Crippen LogP contribution in [0, 0.1) is 0 Å². The molecule has 0 saturated heterocycles. The van der Waals surface area contributed by atoms with Gasteiger partial charge in [0, 0.05) is 13.6 Å². The van der Waals surface area contributed by atoms with Gasteiger partial charge in [-0.15, -0.1) is 0 Å². The second kappa shape index (κ2) is 6.63. The SMILES string of the molecule is CCN(C)C(=O)COC(=O)c1cc(N)c(Cl)c(Cl)c1. The molecule has 1 amide bonds. The third-order valence-corrected chi connectivity index (χ3v) is 3.34. The summed E-state index contributed by atoms with van der Waals surface area (Å²) in [5.41, 5.74) is 5.92. The van der Waals surface area contributed by atoms with Gasteiger partial charge in [0.05, 0.1) is 21.3 Å². The third-order valence-electron chi connectivity index (χ3n) is 2.52. The average molecular weight is 305 g/mol. The van der Waals surface area contributed by atoms with Crippen LogP contribution in [0.5, 0.6) is 0 Å².